The number of amides is 1. The normalized spacial score (nSPS) is 34.1. The highest BCUT2D eigenvalue weighted by molar-refractivity contribution is 5.84. The highest BCUT2D eigenvalue weighted by Crippen LogP contribution is 2.47. The summed E-state index contributed by atoms with van der Waals surface area (Å²) in [6.07, 6.45) is -4.20. The Morgan fingerprint density at radius 3 is 2.78 bits per heavy atom. The summed E-state index contributed by atoms with van der Waals surface area (Å²) in [6.45, 7) is 1.65. The zero-order valence-electron chi connectivity index (χ0n) is 20.6. The summed E-state index contributed by atoms with van der Waals surface area (Å²) in [4.78, 5) is 24.3. The summed E-state index contributed by atoms with van der Waals surface area (Å²) in [5, 5.41) is 3.54. The smallest absolute Gasteiger partial charge is 0.379 e. The summed E-state index contributed by atoms with van der Waals surface area (Å²) in [6, 6.07) is 0.913. The van der Waals surface area contributed by atoms with Crippen molar-refractivity contribution in [2.45, 2.75) is 81.4 Å². The van der Waals surface area contributed by atoms with Crippen molar-refractivity contribution < 1.29 is 36.2 Å². The Balaban J connectivity index is 1.27. The van der Waals surface area contributed by atoms with Gasteiger partial charge >= 0.3 is 6.18 Å². The molecular weight excluding hydrogens is 501 g/mol. The molecule has 0 unspecified atom stereocenters. The Morgan fingerprint density at radius 1 is 1.30 bits per heavy atom. The molecule has 0 aromatic carbocycles. The van der Waals surface area contributed by atoms with Gasteiger partial charge in [0, 0.05) is 51.5 Å². The van der Waals surface area contributed by atoms with Crippen molar-refractivity contribution in [3.8, 4) is 0 Å². The van der Waals surface area contributed by atoms with Crippen LogP contribution in [0.25, 0.3) is 0 Å². The lowest BCUT2D eigenvalue weighted by Gasteiger charge is -2.40. The number of nitrogens with one attached hydrogen (secondary N) is 1. The van der Waals surface area contributed by atoms with Crippen LogP contribution < -0.4 is 10.2 Å². The lowest BCUT2D eigenvalue weighted by atomic mass is 9.80. The Hall–Kier alpha value is -2.12. The maximum Gasteiger partial charge on any atom is 0.451 e. The number of anilines is 1. The molecule has 4 heterocycles. The van der Waals surface area contributed by atoms with Crippen LogP contribution in [0.1, 0.15) is 44.3 Å². The fourth-order valence-corrected chi connectivity index (χ4v) is 6.62. The minimum atomic E-state index is -4.65. The molecule has 1 N–H and O–H groups in total. The van der Waals surface area contributed by atoms with Gasteiger partial charge in [-0.05, 0) is 38.2 Å². The molecule has 37 heavy (non-hydrogen) atoms. The predicted octanol–water partition coefficient (Wildman–Crippen LogP) is 2.87. The lowest BCUT2D eigenvalue weighted by Crippen LogP contribution is -2.54. The standard InChI is InChI=1S/C24H32F5N5O3/c1-36-18-13-37-7-4-17(18)31-14-2-5-23(9-14,10-19(25)26)22(35)34-12-15-8-16(34)11-33(15)20-3-6-30-21(32-20)24(27,28)29/h3,6,14-19,31H,2,4-5,7-13H2,1H3/t14-,15-,16+,17+,18-,23+/m1/s1. The summed E-state index contributed by atoms with van der Waals surface area (Å²) in [7, 11) is 1.62. The van der Waals surface area contributed by atoms with E-state index in [1.54, 1.807) is 16.9 Å². The lowest BCUT2D eigenvalue weighted by molar-refractivity contribution is -0.146. The quantitative estimate of drug-likeness (QED) is 0.540. The average molecular weight is 534 g/mol. The molecule has 4 aliphatic rings. The number of fused-ring (bicyclic) bond motifs is 2. The van der Waals surface area contributed by atoms with Crippen molar-refractivity contribution in [2.24, 2.45) is 5.41 Å². The van der Waals surface area contributed by atoms with Crippen molar-refractivity contribution in [2.75, 3.05) is 38.3 Å². The third-order valence-electron chi connectivity index (χ3n) is 8.35. The predicted molar refractivity (Wildman–Crippen MR) is 122 cm³/mol. The molecule has 0 spiro atoms. The van der Waals surface area contributed by atoms with Gasteiger partial charge in [0.05, 0.1) is 30.2 Å². The van der Waals surface area contributed by atoms with Crippen molar-refractivity contribution >= 4 is 11.7 Å². The van der Waals surface area contributed by atoms with Crippen LogP contribution in [0.4, 0.5) is 27.8 Å². The summed E-state index contributed by atoms with van der Waals surface area (Å²) in [5.74, 6) is -1.31. The number of alkyl halides is 5. The number of methoxy groups -OCH3 is 1. The third-order valence-corrected chi connectivity index (χ3v) is 8.35. The number of ether oxygens (including phenoxy) is 2. The monoisotopic (exact) mass is 533 g/mol. The number of halogens is 5. The van der Waals surface area contributed by atoms with Crippen molar-refractivity contribution in [1.82, 2.24) is 20.2 Å². The fraction of sp³-hybridized carbons (Fsp3) is 0.792. The van der Waals surface area contributed by atoms with Crippen LogP contribution >= 0.6 is 0 Å². The van der Waals surface area contributed by atoms with Crippen molar-refractivity contribution in [1.29, 1.82) is 0 Å². The molecule has 5 rings (SSSR count). The number of hydrogen-bond donors (Lipinski definition) is 1. The first-order valence-corrected chi connectivity index (χ1v) is 12.7. The minimum absolute atomic E-state index is 0.0343. The van der Waals surface area contributed by atoms with E-state index in [-0.39, 0.29) is 48.5 Å². The molecule has 1 aromatic heterocycles. The molecule has 1 aliphatic carbocycles. The van der Waals surface area contributed by atoms with E-state index in [1.165, 1.54) is 6.07 Å². The van der Waals surface area contributed by atoms with E-state index in [1.807, 2.05) is 0 Å². The highest BCUT2D eigenvalue weighted by atomic mass is 19.4. The van der Waals surface area contributed by atoms with Gasteiger partial charge in [0.25, 0.3) is 0 Å². The maximum atomic E-state index is 13.8. The molecule has 8 nitrogen and oxygen atoms in total. The van der Waals surface area contributed by atoms with Gasteiger partial charge in [0.15, 0.2) is 0 Å². The molecule has 1 saturated carbocycles. The van der Waals surface area contributed by atoms with E-state index in [2.05, 4.69) is 15.3 Å². The van der Waals surface area contributed by atoms with Crippen LogP contribution in [0.15, 0.2) is 12.3 Å². The third kappa shape index (κ3) is 5.26. The molecule has 4 fully saturated rings. The van der Waals surface area contributed by atoms with Crippen LogP contribution in [0.5, 0.6) is 0 Å². The second-order valence-electron chi connectivity index (χ2n) is 10.6. The first kappa shape index (κ1) is 26.5. The number of piperazine rings is 1. The van der Waals surface area contributed by atoms with Crippen LogP contribution in [-0.4, -0.2) is 90.9 Å². The molecule has 206 valence electrons. The van der Waals surface area contributed by atoms with Gasteiger partial charge in [-0.3, -0.25) is 4.79 Å². The number of likely N-dealkylation sites (tertiary alicyclic amines) is 1. The zero-order chi connectivity index (χ0) is 26.4. The summed E-state index contributed by atoms with van der Waals surface area (Å²) < 4.78 is 77.7. The van der Waals surface area contributed by atoms with Crippen LogP contribution in [-0.2, 0) is 20.4 Å². The highest BCUT2D eigenvalue weighted by Gasteiger charge is 2.54. The van der Waals surface area contributed by atoms with Gasteiger partial charge < -0.3 is 24.6 Å². The van der Waals surface area contributed by atoms with Gasteiger partial charge in [0.2, 0.25) is 18.2 Å². The van der Waals surface area contributed by atoms with Gasteiger partial charge in [0.1, 0.15) is 5.82 Å². The number of carbonyl (C=O) groups is 1. The van der Waals surface area contributed by atoms with E-state index in [9.17, 15) is 26.7 Å². The molecule has 1 amide bonds. The molecule has 3 aliphatic heterocycles. The Kier molecular flexibility index (Phi) is 7.31. The fourth-order valence-electron chi connectivity index (χ4n) is 6.62. The Bertz CT molecular complexity index is 984. The molecule has 1 aromatic rings. The van der Waals surface area contributed by atoms with E-state index in [0.717, 1.165) is 12.6 Å². The van der Waals surface area contributed by atoms with Crippen LogP contribution in [0.2, 0.25) is 0 Å². The maximum absolute atomic E-state index is 13.8. The number of aromatic nitrogens is 2. The average Bonchev–Trinajstić information content (AvgIpc) is 3.58. The van der Waals surface area contributed by atoms with Gasteiger partial charge in [-0.25, -0.2) is 18.7 Å². The van der Waals surface area contributed by atoms with Gasteiger partial charge in [-0.15, -0.1) is 0 Å². The largest absolute Gasteiger partial charge is 0.451 e. The second kappa shape index (κ2) is 10.2. The molecule has 0 radical (unpaired) electrons. The van der Waals surface area contributed by atoms with Gasteiger partial charge in [-0.2, -0.15) is 13.2 Å². The number of rotatable bonds is 7. The van der Waals surface area contributed by atoms with Gasteiger partial charge in [-0.1, -0.05) is 0 Å². The van der Waals surface area contributed by atoms with E-state index in [4.69, 9.17) is 9.47 Å². The minimum Gasteiger partial charge on any atom is -0.379 e. The molecule has 6 atom stereocenters. The summed E-state index contributed by atoms with van der Waals surface area (Å²) in [5.41, 5.74) is -1.16. The molecular formula is C24H32F5N5O3. The summed E-state index contributed by atoms with van der Waals surface area (Å²) >= 11 is 0. The molecule has 2 bridgehead atoms. The number of carbonyl (C=O) groups excluding carboxylic acids is 1. The van der Waals surface area contributed by atoms with Crippen LogP contribution in [0, 0.1) is 5.41 Å². The SMILES string of the molecule is CO[C@@H]1COCC[C@@H]1N[C@@H]1CC[C@](CC(F)F)(C(=O)N2C[C@H]3C[C@H]2CN3c2ccnc(C(F)(F)F)n2)C1. The number of hydrogen-bond acceptors (Lipinski definition) is 7. The van der Waals surface area contributed by atoms with Crippen molar-refractivity contribution in [3.63, 3.8) is 0 Å². The Labute approximate surface area is 211 Å². The first-order chi connectivity index (χ1) is 17.6. The Morgan fingerprint density at radius 2 is 2.11 bits per heavy atom. The zero-order valence-corrected chi connectivity index (χ0v) is 20.6. The number of nitrogens with zero attached hydrogens (tertiary/aromatic N) is 4. The molecule has 13 heteroatoms. The second-order valence-corrected chi connectivity index (χ2v) is 10.6. The van der Waals surface area contributed by atoms with E-state index >= 15 is 0 Å². The topological polar surface area (TPSA) is 79.8 Å². The van der Waals surface area contributed by atoms with Crippen LogP contribution in [0.3, 0.4) is 0 Å². The van der Waals surface area contributed by atoms with E-state index in [0.29, 0.717) is 45.4 Å². The molecule has 3 saturated heterocycles. The van der Waals surface area contributed by atoms with E-state index < -0.39 is 30.3 Å². The van der Waals surface area contributed by atoms with Crippen molar-refractivity contribution in [3.05, 3.63) is 18.1 Å². The first-order valence-electron chi connectivity index (χ1n) is 12.7.